The van der Waals surface area contributed by atoms with E-state index >= 15 is 0 Å². The lowest BCUT2D eigenvalue weighted by Crippen LogP contribution is -2.15. The fourth-order valence-corrected chi connectivity index (χ4v) is 1.51. The molecule has 0 fully saturated rings. The average molecular weight is 222 g/mol. The highest BCUT2D eigenvalue weighted by molar-refractivity contribution is 7.89. The summed E-state index contributed by atoms with van der Waals surface area (Å²) in [6.07, 6.45) is -2.74. The van der Waals surface area contributed by atoms with Crippen molar-refractivity contribution < 1.29 is 17.2 Å². The number of primary sulfonamides is 1. The summed E-state index contributed by atoms with van der Waals surface area (Å²) in [5.41, 5.74) is -0.214. The van der Waals surface area contributed by atoms with Crippen molar-refractivity contribution in [2.24, 2.45) is 5.14 Å². The van der Waals surface area contributed by atoms with E-state index in [4.69, 9.17) is 5.14 Å². The Kier molecular flexibility index (Phi) is 2.81. The van der Waals surface area contributed by atoms with Crippen LogP contribution in [-0.4, -0.2) is 13.4 Å². The number of halogens is 2. The summed E-state index contributed by atoms with van der Waals surface area (Å²) >= 11 is 0. The molecule has 0 saturated heterocycles. The Balaban J connectivity index is 3.35. The van der Waals surface area contributed by atoms with Gasteiger partial charge in [-0.15, -0.1) is 0 Å². The van der Waals surface area contributed by atoms with Crippen LogP contribution in [-0.2, 0) is 10.0 Å². The van der Waals surface area contributed by atoms with Gasteiger partial charge in [-0.3, -0.25) is 0 Å². The van der Waals surface area contributed by atoms with E-state index in [1.165, 1.54) is 6.92 Å². The lowest BCUT2D eigenvalue weighted by molar-refractivity contribution is 0.151. The number of rotatable bonds is 2. The van der Waals surface area contributed by atoms with Gasteiger partial charge in [-0.05, 0) is 19.1 Å². The smallest absolute Gasteiger partial charge is 0.240 e. The third kappa shape index (κ3) is 2.46. The first-order chi connectivity index (χ1) is 6.30. The minimum atomic E-state index is -4.03. The normalized spacial score (nSPS) is 12.1. The van der Waals surface area contributed by atoms with Gasteiger partial charge in [-0.2, -0.15) is 0 Å². The van der Waals surface area contributed by atoms with Gasteiger partial charge in [0.2, 0.25) is 0 Å². The number of nitrogens with zero attached hydrogens (tertiary/aromatic N) is 1. The second kappa shape index (κ2) is 3.58. The van der Waals surface area contributed by atoms with Crippen LogP contribution < -0.4 is 5.14 Å². The van der Waals surface area contributed by atoms with E-state index in [9.17, 15) is 17.2 Å². The zero-order valence-electron chi connectivity index (χ0n) is 7.24. The third-order valence-corrected chi connectivity index (χ3v) is 2.29. The van der Waals surface area contributed by atoms with Crippen LogP contribution in [0.2, 0.25) is 0 Å². The maximum Gasteiger partial charge on any atom is 0.264 e. The Morgan fingerprint density at radius 2 is 2.00 bits per heavy atom. The molecule has 1 heterocycles. The van der Waals surface area contributed by atoms with Crippen molar-refractivity contribution >= 4 is 10.0 Å². The topological polar surface area (TPSA) is 73.1 Å². The maximum atomic E-state index is 12.3. The van der Waals surface area contributed by atoms with Gasteiger partial charge in [0.25, 0.3) is 16.4 Å². The van der Waals surface area contributed by atoms with Crippen LogP contribution in [0.15, 0.2) is 17.2 Å². The van der Waals surface area contributed by atoms with Crippen LogP contribution >= 0.6 is 0 Å². The molecular weight excluding hydrogens is 214 g/mol. The summed E-state index contributed by atoms with van der Waals surface area (Å²) in [5.74, 6) is 0. The molecule has 0 aliphatic rings. The van der Waals surface area contributed by atoms with E-state index in [2.05, 4.69) is 4.98 Å². The molecule has 1 rings (SSSR count). The minimum Gasteiger partial charge on any atom is -0.240 e. The van der Waals surface area contributed by atoms with E-state index in [1.807, 2.05) is 0 Å². The van der Waals surface area contributed by atoms with Crippen LogP contribution in [0, 0.1) is 6.92 Å². The monoisotopic (exact) mass is 222 g/mol. The van der Waals surface area contributed by atoms with Crippen LogP contribution in [0.1, 0.15) is 17.7 Å². The standard InChI is InChI=1S/C7H8F2N2O2S/c1-4-2-5(7(8)9)3-6(11-4)14(10,12)13/h2-3,7H,1H3,(H2,10,12,13). The van der Waals surface area contributed by atoms with Gasteiger partial charge in [-0.1, -0.05) is 0 Å². The van der Waals surface area contributed by atoms with Crippen molar-refractivity contribution in [3.8, 4) is 0 Å². The quantitative estimate of drug-likeness (QED) is 0.810. The molecule has 0 radical (unpaired) electrons. The third-order valence-electron chi connectivity index (χ3n) is 1.50. The zero-order chi connectivity index (χ0) is 10.9. The molecule has 1 aromatic rings. The van der Waals surface area contributed by atoms with Crippen molar-refractivity contribution in [2.45, 2.75) is 18.4 Å². The zero-order valence-corrected chi connectivity index (χ0v) is 8.05. The molecule has 0 aliphatic carbocycles. The first kappa shape index (κ1) is 11.0. The van der Waals surface area contributed by atoms with Gasteiger partial charge < -0.3 is 0 Å². The van der Waals surface area contributed by atoms with E-state index < -0.39 is 27.0 Å². The summed E-state index contributed by atoms with van der Waals surface area (Å²) in [7, 11) is -4.03. The van der Waals surface area contributed by atoms with Crippen molar-refractivity contribution in [3.05, 3.63) is 23.4 Å². The second-order valence-electron chi connectivity index (χ2n) is 2.73. The number of alkyl halides is 2. The Morgan fingerprint density at radius 1 is 1.43 bits per heavy atom. The van der Waals surface area contributed by atoms with Gasteiger partial charge >= 0.3 is 0 Å². The molecule has 1 aromatic heterocycles. The Bertz CT molecular complexity index is 445. The number of hydrogen-bond donors (Lipinski definition) is 1. The predicted octanol–water partition coefficient (Wildman–Crippen LogP) is 0.975. The number of aryl methyl sites for hydroxylation is 1. The first-order valence-corrected chi connectivity index (χ1v) is 5.15. The molecule has 0 aliphatic heterocycles. The van der Waals surface area contributed by atoms with Crippen molar-refractivity contribution in [1.82, 2.24) is 4.98 Å². The molecular formula is C7H8F2N2O2S. The van der Waals surface area contributed by atoms with Crippen LogP contribution in [0.4, 0.5) is 8.78 Å². The van der Waals surface area contributed by atoms with Gasteiger partial charge in [-0.25, -0.2) is 27.3 Å². The molecule has 0 saturated carbocycles. The number of sulfonamides is 1. The summed E-state index contributed by atoms with van der Waals surface area (Å²) in [6, 6.07) is 1.88. The molecule has 0 amide bonds. The molecule has 7 heteroatoms. The Hall–Kier alpha value is -1.08. The molecule has 78 valence electrons. The van der Waals surface area contributed by atoms with Crippen molar-refractivity contribution in [1.29, 1.82) is 0 Å². The SMILES string of the molecule is Cc1cc(C(F)F)cc(S(N)(=O)=O)n1. The number of aromatic nitrogens is 1. The Morgan fingerprint density at radius 3 is 2.43 bits per heavy atom. The van der Waals surface area contributed by atoms with Gasteiger partial charge in [0, 0.05) is 11.3 Å². The second-order valence-corrected chi connectivity index (χ2v) is 4.23. The average Bonchev–Trinajstić information content (AvgIpc) is 2.01. The van der Waals surface area contributed by atoms with Crippen molar-refractivity contribution in [3.63, 3.8) is 0 Å². The molecule has 0 bridgehead atoms. The van der Waals surface area contributed by atoms with Crippen molar-refractivity contribution in [2.75, 3.05) is 0 Å². The predicted molar refractivity (Wildman–Crippen MR) is 45.3 cm³/mol. The van der Waals surface area contributed by atoms with E-state index in [1.54, 1.807) is 0 Å². The van der Waals surface area contributed by atoms with Gasteiger partial charge in [0.05, 0.1) is 0 Å². The lowest BCUT2D eigenvalue weighted by Gasteiger charge is -2.03. The molecule has 0 unspecified atom stereocenters. The highest BCUT2D eigenvalue weighted by Gasteiger charge is 2.15. The molecule has 4 nitrogen and oxygen atoms in total. The molecule has 14 heavy (non-hydrogen) atoms. The molecule has 0 aromatic carbocycles. The van der Waals surface area contributed by atoms with Crippen LogP contribution in [0.3, 0.4) is 0 Å². The summed E-state index contributed by atoms with van der Waals surface area (Å²) in [6.45, 7) is 1.42. The Labute approximate surface area is 79.8 Å². The van der Waals surface area contributed by atoms with Crippen LogP contribution in [0.5, 0.6) is 0 Å². The summed E-state index contributed by atoms with van der Waals surface area (Å²) < 4.78 is 46.2. The maximum absolute atomic E-state index is 12.3. The minimum absolute atomic E-state index is 0.187. The molecule has 0 atom stereocenters. The number of nitrogens with two attached hydrogens (primary N) is 1. The highest BCUT2D eigenvalue weighted by atomic mass is 32.2. The highest BCUT2D eigenvalue weighted by Crippen LogP contribution is 2.21. The van der Waals surface area contributed by atoms with E-state index in [0.29, 0.717) is 0 Å². The fraction of sp³-hybridized carbons (Fsp3) is 0.286. The van der Waals surface area contributed by atoms with Gasteiger partial charge in [0.1, 0.15) is 0 Å². The van der Waals surface area contributed by atoms with Gasteiger partial charge in [0.15, 0.2) is 5.03 Å². The summed E-state index contributed by atoms with van der Waals surface area (Å²) in [5, 5.41) is 4.23. The first-order valence-electron chi connectivity index (χ1n) is 3.60. The fourth-order valence-electron chi connectivity index (χ4n) is 0.936. The molecule has 2 N–H and O–H groups in total. The lowest BCUT2D eigenvalue weighted by atomic mass is 10.2. The number of pyridine rings is 1. The number of hydrogen-bond acceptors (Lipinski definition) is 3. The molecule has 0 spiro atoms. The van der Waals surface area contributed by atoms with E-state index in [-0.39, 0.29) is 5.69 Å². The largest absolute Gasteiger partial charge is 0.264 e. The summed E-state index contributed by atoms with van der Waals surface area (Å²) in [4.78, 5) is 3.54. The van der Waals surface area contributed by atoms with E-state index in [0.717, 1.165) is 12.1 Å². The van der Waals surface area contributed by atoms with Crippen LogP contribution in [0.25, 0.3) is 0 Å².